The van der Waals surface area contributed by atoms with Gasteiger partial charge in [0.2, 0.25) is 0 Å². The topological polar surface area (TPSA) is 32.3 Å². The van der Waals surface area contributed by atoms with Gasteiger partial charge in [-0.25, -0.2) is 0 Å². The Morgan fingerprint density at radius 3 is 2.50 bits per heavy atom. The molecule has 0 bridgehead atoms. The largest absolute Gasteiger partial charge is 0.394 e. The molecule has 0 saturated heterocycles. The first-order chi connectivity index (χ1) is 9.52. The molecule has 0 saturated carbocycles. The molecule has 0 spiro atoms. The highest BCUT2D eigenvalue weighted by Gasteiger charge is 2.23. The van der Waals surface area contributed by atoms with Crippen LogP contribution < -0.4 is 5.32 Å². The number of fused-ring (bicyclic) bond motifs is 1. The van der Waals surface area contributed by atoms with Crippen molar-refractivity contribution in [3.8, 4) is 0 Å². The third kappa shape index (κ3) is 3.98. The fourth-order valence-corrected chi connectivity index (χ4v) is 3.36. The molecule has 0 aromatic heterocycles. The maximum atomic E-state index is 9.61. The predicted molar refractivity (Wildman–Crippen MR) is 88.4 cm³/mol. The molecule has 108 valence electrons. The maximum Gasteiger partial charge on any atom is 0.0618 e. The summed E-state index contributed by atoms with van der Waals surface area (Å²) in [6.07, 6.45) is 0. The highest BCUT2D eigenvalue weighted by atomic mass is 32.2. The van der Waals surface area contributed by atoms with Gasteiger partial charge in [-0.15, -0.1) is 11.8 Å². The van der Waals surface area contributed by atoms with Gasteiger partial charge in [-0.05, 0) is 29.8 Å². The van der Waals surface area contributed by atoms with Gasteiger partial charge in [-0.1, -0.05) is 44.2 Å². The molecule has 0 heterocycles. The SMILES string of the molecule is CC(C)NC(C)(CO)CSc1ccc2ccccc2c1. The van der Waals surface area contributed by atoms with Crippen molar-refractivity contribution in [3.63, 3.8) is 0 Å². The van der Waals surface area contributed by atoms with Crippen molar-refractivity contribution in [3.05, 3.63) is 42.5 Å². The molecule has 1 atom stereocenters. The van der Waals surface area contributed by atoms with E-state index in [0.717, 1.165) is 5.75 Å². The van der Waals surface area contributed by atoms with Crippen LogP contribution in [0.3, 0.4) is 0 Å². The van der Waals surface area contributed by atoms with Crippen molar-refractivity contribution in [2.75, 3.05) is 12.4 Å². The first kappa shape index (κ1) is 15.4. The summed E-state index contributed by atoms with van der Waals surface area (Å²) in [5.74, 6) is 0.847. The molecule has 3 heteroatoms. The summed E-state index contributed by atoms with van der Waals surface area (Å²) in [5.41, 5.74) is -0.246. The van der Waals surface area contributed by atoms with Crippen molar-refractivity contribution < 1.29 is 5.11 Å². The first-order valence-electron chi connectivity index (χ1n) is 7.02. The molecule has 2 aromatic rings. The molecule has 0 amide bonds. The number of thioether (sulfide) groups is 1. The minimum absolute atomic E-state index is 0.145. The Hall–Kier alpha value is -1.03. The molecule has 2 aromatic carbocycles. The van der Waals surface area contributed by atoms with E-state index in [1.807, 2.05) is 0 Å². The van der Waals surface area contributed by atoms with Crippen LogP contribution in [0.25, 0.3) is 10.8 Å². The van der Waals surface area contributed by atoms with Gasteiger partial charge in [0.1, 0.15) is 0 Å². The summed E-state index contributed by atoms with van der Waals surface area (Å²) in [5, 5.41) is 15.6. The van der Waals surface area contributed by atoms with Crippen LogP contribution in [-0.4, -0.2) is 29.0 Å². The third-order valence-corrected chi connectivity index (χ3v) is 4.63. The molecule has 0 aliphatic carbocycles. The number of nitrogens with one attached hydrogen (secondary N) is 1. The van der Waals surface area contributed by atoms with E-state index < -0.39 is 0 Å². The van der Waals surface area contributed by atoms with Gasteiger partial charge in [0, 0.05) is 22.2 Å². The molecule has 2 rings (SSSR count). The minimum atomic E-state index is -0.246. The van der Waals surface area contributed by atoms with E-state index in [0.29, 0.717) is 6.04 Å². The van der Waals surface area contributed by atoms with E-state index in [2.05, 4.69) is 68.6 Å². The van der Waals surface area contributed by atoms with Crippen LogP contribution in [0.15, 0.2) is 47.4 Å². The number of aliphatic hydroxyl groups is 1. The van der Waals surface area contributed by atoms with Crippen LogP contribution in [0, 0.1) is 0 Å². The average molecular weight is 289 g/mol. The predicted octanol–water partition coefficient (Wildman–Crippen LogP) is 3.68. The molecule has 2 N–H and O–H groups in total. The van der Waals surface area contributed by atoms with Gasteiger partial charge < -0.3 is 10.4 Å². The Labute approximate surface area is 125 Å². The van der Waals surface area contributed by atoms with Crippen LogP contribution in [0.1, 0.15) is 20.8 Å². The molecule has 1 unspecified atom stereocenters. The summed E-state index contributed by atoms with van der Waals surface area (Å²) >= 11 is 1.79. The van der Waals surface area contributed by atoms with Crippen LogP contribution in [-0.2, 0) is 0 Å². The Balaban J connectivity index is 2.08. The van der Waals surface area contributed by atoms with Crippen LogP contribution >= 0.6 is 11.8 Å². The van der Waals surface area contributed by atoms with E-state index in [1.54, 1.807) is 11.8 Å². The number of rotatable bonds is 6. The molecule has 0 fully saturated rings. The Kier molecular flexibility index (Phi) is 5.08. The summed E-state index contributed by atoms with van der Waals surface area (Å²) in [7, 11) is 0. The molecular formula is C17H23NOS. The molecular weight excluding hydrogens is 266 g/mol. The lowest BCUT2D eigenvalue weighted by Gasteiger charge is -2.30. The molecule has 0 radical (unpaired) electrons. The number of aliphatic hydroxyl groups excluding tert-OH is 1. The van der Waals surface area contributed by atoms with Crippen molar-refractivity contribution >= 4 is 22.5 Å². The van der Waals surface area contributed by atoms with Gasteiger partial charge in [-0.3, -0.25) is 0 Å². The van der Waals surface area contributed by atoms with Crippen molar-refractivity contribution in [2.45, 2.75) is 37.2 Å². The minimum Gasteiger partial charge on any atom is -0.394 e. The van der Waals surface area contributed by atoms with Gasteiger partial charge in [-0.2, -0.15) is 0 Å². The van der Waals surface area contributed by atoms with Gasteiger partial charge in [0.05, 0.1) is 6.61 Å². The molecule has 0 aliphatic heterocycles. The second kappa shape index (κ2) is 6.61. The van der Waals surface area contributed by atoms with Crippen molar-refractivity contribution in [2.24, 2.45) is 0 Å². The quantitative estimate of drug-likeness (QED) is 0.796. The average Bonchev–Trinajstić information content (AvgIpc) is 2.44. The third-order valence-electron chi connectivity index (χ3n) is 3.26. The number of hydrogen-bond donors (Lipinski definition) is 2. The zero-order valence-electron chi connectivity index (χ0n) is 12.4. The highest BCUT2D eigenvalue weighted by molar-refractivity contribution is 7.99. The Morgan fingerprint density at radius 1 is 1.15 bits per heavy atom. The molecule has 0 aliphatic rings. The lowest BCUT2D eigenvalue weighted by atomic mass is 10.1. The van der Waals surface area contributed by atoms with Crippen LogP contribution in [0.5, 0.6) is 0 Å². The summed E-state index contributed by atoms with van der Waals surface area (Å²) in [6, 6.07) is 15.3. The monoisotopic (exact) mass is 289 g/mol. The van der Waals surface area contributed by atoms with E-state index in [-0.39, 0.29) is 12.1 Å². The smallest absolute Gasteiger partial charge is 0.0618 e. The van der Waals surface area contributed by atoms with Crippen LogP contribution in [0.2, 0.25) is 0 Å². The summed E-state index contributed by atoms with van der Waals surface area (Å²) < 4.78 is 0. The van der Waals surface area contributed by atoms with E-state index in [4.69, 9.17) is 0 Å². The number of benzene rings is 2. The standard InChI is InChI=1S/C17H23NOS/c1-13(2)18-17(3,11-19)12-20-16-9-8-14-6-4-5-7-15(14)10-16/h4-10,13,18-19H,11-12H2,1-3H3. The second-order valence-corrected chi connectivity index (χ2v) is 6.86. The lowest BCUT2D eigenvalue weighted by Crippen LogP contribution is -2.51. The van der Waals surface area contributed by atoms with E-state index in [1.165, 1.54) is 15.7 Å². The van der Waals surface area contributed by atoms with E-state index >= 15 is 0 Å². The fourth-order valence-electron chi connectivity index (χ4n) is 2.33. The van der Waals surface area contributed by atoms with Crippen molar-refractivity contribution in [1.29, 1.82) is 0 Å². The van der Waals surface area contributed by atoms with Crippen LogP contribution in [0.4, 0.5) is 0 Å². The maximum absolute atomic E-state index is 9.61. The number of hydrogen-bond acceptors (Lipinski definition) is 3. The summed E-state index contributed by atoms with van der Waals surface area (Å²) in [4.78, 5) is 1.24. The van der Waals surface area contributed by atoms with E-state index in [9.17, 15) is 5.11 Å². The zero-order chi connectivity index (χ0) is 14.6. The Bertz CT molecular complexity index is 570. The highest BCUT2D eigenvalue weighted by Crippen LogP contribution is 2.26. The Morgan fingerprint density at radius 2 is 1.85 bits per heavy atom. The zero-order valence-corrected chi connectivity index (χ0v) is 13.2. The van der Waals surface area contributed by atoms with Gasteiger partial charge in [0.25, 0.3) is 0 Å². The molecule has 2 nitrogen and oxygen atoms in total. The van der Waals surface area contributed by atoms with Crippen molar-refractivity contribution in [1.82, 2.24) is 5.32 Å². The normalized spacial score (nSPS) is 14.7. The van der Waals surface area contributed by atoms with Gasteiger partial charge in [0.15, 0.2) is 0 Å². The summed E-state index contributed by atoms with van der Waals surface area (Å²) in [6.45, 7) is 6.43. The first-order valence-corrected chi connectivity index (χ1v) is 8.01. The second-order valence-electron chi connectivity index (χ2n) is 5.82. The lowest BCUT2D eigenvalue weighted by molar-refractivity contribution is 0.183. The van der Waals surface area contributed by atoms with Gasteiger partial charge >= 0.3 is 0 Å². The molecule has 20 heavy (non-hydrogen) atoms. The fraction of sp³-hybridized carbons (Fsp3) is 0.412.